The molecule has 1 aliphatic rings. The van der Waals surface area contributed by atoms with Crippen molar-refractivity contribution in [3.8, 4) is 0 Å². The first-order valence-electron chi connectivity index (χ1n) is 4.33. The first kappa shape index (κ1) is 9.93. The third-order valence-corrected chi connectivity index (χ3v) is 2.44. The molecule has 15 heavy (non-hydrogen) atoms. The summed E-state index contributed by atoms with van der Waals surface area (Å²) in [5, 5.41) is -0.149. The van der Waals surface area contributed by atoms with E-state index < -0.39 is 11.8 Å². The Morgan fingerprint density at radius 1 is 1.13 bits per heavy atom. The summed E-state index contributed by atoms with van der Waals surface area (Å²) < 4.78 is 4.77. The van der Waals surface area contributed by atoms with Crippen LogP contribution in [0.5, 0.6) is 0 Å². The number of ether oxygens (including phenoxy) is 1. The maximum Gasteiger partial charge on any atom is 0.386 e. The molecular weight excluding hydrogens is 216 g/mol. The molecule has 0 bridgehead atoms. The Hall–Kier alpha value is -1.61. The van der Waals surface area contributed by atoms with Gasteiger partial charge in [-0.3, -0.25) is 4.79 Å². The summed E-state index contributed by atoms with van der Waals surface area (Å²) in [7, 11) is 0. The zero-order valence-corrected chi connectivity index (χ0v) is 8.67. The lowest BCUT2D eigenvalue weighted by Gasteiger charge is -2.01. The fourth-order valence-corrected chi connectivity index (χ4v) is 1.49. The molecule has 0 aliphatic carbocycles. The largest absolute Gasteiger partial charge is 0.418 e. The van der Waals surface area contributed by atoms with Gasteiger partial charge in [-0.1, -0.05) is 41.4 Å². The van der Waals surface area contributed by atoms with Crippen molar-refractivity contribution in [3.63, 3.8) is 0 Å². The van der Waals surface area contributed by atoms with E-state index in [1.807, 2.05) is 19.1 Å². The second-order valence-corrected chi connectivity index (χ2v) is 3.61. The molecular formula is C11H7ClO3. The number of hydrogen-bond donors (Lipinski definition) is 0. The Morgan fingerprint density at radius 3 is 2.20 bits per heavy atom. The fourth-order valence-electron chi connectivity index (χ4n) is 1.27. The van der Waals surface area contributed by atoms with Gasteiger partial charge in [-0.15, -0.1) is 0 Å². The highest BCUT2D eigenvalue weighted by Crippen LogP contribution is 2.29. The number of carbonyl (C=O) groups is 2. The molecule has 0 spiro atoms. The second kappa shape index (κ2) is 3.51. The Morgan fingerprint density at radius 2 is 1.73 bits per heavy atom. The van der Waals surface area contributed by atoms with Crippen molar-refractivity contribution in [1.82, 2.24) is 0 Å². The van der Waals surface area contributed by atoms with Crippen molar-refractivity contribution >= 4 is 29.1 Å². The zero-order chi connectivity index (χ0) is 11.0. The Labute approximate surface area is 91.3 Å². The summed E-state index contributed by atoms with van der Waals surface area (Å²) in [5.41, 5.74) is 1.70. The summed E-state index contributed by atoms with van der Waals surface area (Å²) in [4.78, 5) is 22.0. The Bertz CT molecular complexity index is 471. The molecule has 1 heterocycles. The molecule has 2 rings (SSSR count). The van der Waals surface area contributed by atoms with Gasteiger partial charge in [0.1, 0.15) is 5.03 Å². The summed E-state index contributed by atoms with van der Waals surface area (Å²) >= 11 is 5.68. The van der Waals surface area contributed by atoms with Gasteiger partial charge in [-0.25, -0.2) is 4.79 Å². The minimum atomic E-state index is -0.921. The average Bonchev–Trinajstić information content (AvgIpc) is 2.47. The molecule has 0 radical (unpaired) electrons. The minimum absolute atomic E-state index is 0.145. The molecule has 0 saturated heterocycles. The van der Waals surface area contributed by atoms with Crippen molar-refractivity contribution in [2.75, 3.05) is 0 Å². The van der Waals surface area contributed by atoms with E-state index >= 15 is 0 Å². The molecule has 1 aromatic carbocycles. The number of rotatable bonds is 1. The quantitative estimate of drug-likeness (QED) is 0.539. The Kier molecular flexibility index (Phi) is 2.32. The van der Waals surface area contributed by atoms with Crippen LogP contribution < -0.4 is 0 Å². The maximum atomic E-state index is 11.1. The second-order valence-electron chi connectivity index (χ2n) is 3.23. The van der Waals surface area contributed by atoms with Crippen molar-refractivity contribution in [2.24, 2.45) is 0 Å². The number of ketones is 1. The molecule has 1 aromatic rings. The number of esters is 1. The van der Waals surface area contributed by atoms with E-state index in [1.54, 1.807) is 12.1 Å². The van der Waals surface area contributed by atoms with Crippen LogP contribution >= 0.6 is 11.6 Å². The lowest BCUT2D eigenvalue weighted by atomic mass is 10.1. The lowest BCUT2D eigenvalue weighted by molar-refractivity contribution is -0.144. The highest BCUT2D eigenvalue weighted by Gasteiger charge is 2.33. The summed E-state index contributed by atoms with van der Waals surface area (Å²) in [6.45, 7) is 1.94. The number of aryl methyl sites for hydroxylation is 1. The molecule has 0 atom stereocenters. The SMILES string of the molecule is Cc1ccc(C2=C(Cl)C(=O)C(=O)O2)cc1. The highest BCUT2D eigenvalue weighted by molar-refractivity contribution is 6.61. The van der Waals surface area contributed by atoms with E-state index in [-0.39, 0.29) is 10.8 Å². The predicted octanol–water partition coefficient (Wildman–Crippen LogP) is 2.03. The number of carbonyl (C=O) groups excluding carboxylic acids is 2. The zero-order valence-electron chi connectivity index (χ0n) is 7.91. The van der Waals surface area contributed by atoms with Crippen LogP contribution in [0.15, 0.2) is 29.3 Å². The van der Waals surface area contributed by atoms with Crippen LogP contribution in [0, 0.1) is 6.92 Å². The highest BCUT2D eigenvalue weighted by atomic mass is 35.5. The molecule has 0 aromatic heterocycles. The Balaban J connectivity index is 2.45. The summed E-state index contributed by atoms with van der Waals surface area (Å²) in [6.07, 6.45) is 0. The van der Waals surface area contributed by atoms with Gasteiger partial charge in [-0.05, 0) is 6.92 Å². The van der Waals surface area contributed by atoms with E-state index in [4.69, 9.17) is 16.3 Å². The van der Waals surface area contributed by atoms with E-state index in [0.29, 0.717) is 5.56 Å². The molecule has 1 aliphatic heterocycles. The van der Waals surface area contributed by atoms with Crippen molar-refractivity contribution < 1.29 is 14.3 Å². The van der Waals surface area contributed by atoms with Crippen molar-refractivity contribution in [3.05, 3.63) is 40.4 Å². The predicted molar refractivity (Wildman–Crippen MR) is 55.1 cm³/mol. The standard InChI is InChI=1S/C11H7ClO3/c1-6-2-4-7(5-3-6)10-8(12)9(13)11(14)15-10/h2-5H,1H3. The van der Waals surface area contributed by atoms with Gasteiger partial charge in [0.05, 0.1) is 0 Å². The minimum Gasteiger partial charge on any atom is -0.418 e. The fraction of sp³-hybridized carbons (Fsp3) is 0.0909. The molecule has 76 valence electrons. The number of halogens is 1. The molecule has 0 amide bonds. The third-order valence-electron chi connectivity index (χ3n) is 2.09. The van der Waals surface area contributed by atoms with Gasteiger partial charge in [-0.2, -0.15) is 0 Å². The number of benzene rings is 1. The van der Waals surface area contributed by atoms with Crippen LogP contribution in [0.25, 0.3) is 5.76 Å². The lowest BCUT2D eigenvalue weighted by Crippen LogP contribution is -2.07. The summed E-state index contributed by atoms with van der Waals surface area (Å²) in [6, 6.07) is 7.20. The van der Waals surface area contributed by atoms with Crippen molar-refractivity contribution in [2.45, 2.75) is 6.92 Å². The van der Waals surface area contributed by atoms with Gasteiger partial charge in [0.2, 0.25) is 0 Å². The van der Waals surface area contributed by atoms with Gasteiger partial charge < -0.3 is 4.74 Å². The molecule has 0 saturated carbocycles. The smallest absolute Gasteiger partial charge is 0.386 e. The van der Waals surface area contributed by atoms with E-state index in [9.17, 15) is 9.59 Å². The maximum absolute atomic E-state index is 11.1. The molecule has 4 heteroatoms. The van der Waals surface area contributed by atoms with Gasteiger partial charge in [0.25, 0.3) is 5.78 Å². The van der Waals surface area contributed by atoms with Gasteiger partial charge in [0, 0.05) is 5.56 Å². The molecule has 3 nitrogen and oxygen atoms in total. The topological polar surface area (TPSA) is 43.4 Å². The van der Waals surface area contributed by atoms with Crippen LogP contribution in [0.3, 0.4) is 0 Å². The van der Waals surface area contributed by atoms with E-state index in [1.165, 1.54) is 0 Å². The van der Waals surface area contributed by atoms with Gasteiger partial charge >= 0.3 is 5.97 Å². The van der Waals surface area contributed by atoms with Gasteiger partial charge in [0.15, 0.2) is 5.76 Å². The average molecular weight is 223 g/mol. The number of cyclic esters (lactones) is 1. The van der Waals surface area contributed by atoms with E-state index in [2.05, 4.69) is 0 Å². The molecule has 0 fully saturated rings. The van der Waals surface area contributed by atoms with Crippen LogP contribution in [-0.4, -0.2) is 11.8 Å². The molecule has 0 N–H and O–H groups in total. The first-order chi connectivity index (χ1) is 7.09. The van der Waals surface area contributed by atoms with Crippen LogP contribution in [-0.2, 0) is 14.3 Å². The number of Topliss-reactive ketones (excluding diaryl/α,β-unsaturated/α-hetero) is 1. The summed E-state index contributed by atoms with van der Waals surface area (Å²) in [5.74, 6) is -1.56. The normalized spacial score (nSPS) is 15.9. The monoisotopic (exact) mass is 222 g/mol. The number of hydrogen-bond acceptors (Lipinski definition) is 3. The first-order valence-corrected chi connectivity index (χ1v) is 4.70. The van der Waals surface area contributed by atoms with Crippen LogP contribution in [0.4, 0.5) is 0 Å². The van der Waals surface area contributed by atoms with Crippen LogP contribution in [0.1, 0.15) is 11.1 Å². The van der Waals surface area contributed by atoms with Crippen LogP contribution in [0.2, 0.25) is 0 Å². The third kappa shape index (κ3) is 1.66. The van der Waals surface area contributed by atoms with Crippen molar-refractivity contribution in [1.29, 1.82) is 0 Å². The molecule has 0 unspecified atom stereocenters. The van der Waals surface area contributed by atoms with E-state index in [0.717, 1.165) is 5.56 Å².